The van der Waals surface area contributed by atoms with E-state index in [4.69, 9.17) is 11.6 Å². The van der Waals surface area contributed by atoms with Gasteiger partial charge in [-0.2, -0.15) is 0 Å². The molecule has 0 aliphatic heterocycles. The van der Waals surface area contributed by atoms with Crippen LogP contribution in [0.2, 0.25) is 5.02 Å². The molecule has 2 rings (SSSR count). The molecule has 0 fully saturated rings. The van der Waals surface area contributed by atoms with Gasteiger partial charge < -0.3 is 0 Å². The van der Waals surface area contributed by atoms with Crippen LogP contribution in [0.3, 0.4) is 0 Å². The monoisotopic (exact) mass is 390 g/mol. The second-order valence-corrected chi connectivity index (χ2v) is 6.24. The van der Waals surface area contributed by atoms with Gasteiger partial charge in [0.2, 0.25) is 0 Å². The molecule has 0 radical (unpaired) electrons. The van der Waals surface area contributed by atoms with Crippen LogP contribution < -0.4 is 0 Å². The summed E-state index contributed by atoms with van der Waals surface area (Å²) in [5, 5.41) is 0.677. The summed E-state index contributed by atoms with van der Waals surface area (Å²) in [5.41, 5.74) is 2.65. The summed E-state index contributed by atoms with van der Waals surface area (Å²) in [7, 11) is 0. The largest absolute Gasteiger partial charge is 0.207 e. The average Bonchev–Trinajstić information content (AvgIpc) is 2.35. The zero-order valence-corrected chi connectivity index (χ0v) is 13.5. The van der Waals surface area contributed by atoms with Crippen molar-refractivity contribution in [3.05, 3.63) is 68.4 Å². The second kappa shape index (κ2) is 5.72. The van der Waals surface area contributed by atoms with Crippen molar-refractivity contribution >= 4 is 43.5 Å². The average molecular weight is 392 g/mol. The summed E-state index contributed by atoms with van der Waals surface area (Å²) >= 11 is 13.1. The molecule has 0 amide bonds. The van der Waals surface area contributed by atoms with Gasteiger partial charge >= 0.3 is 0 Å². The van der Waals surface area contributed by atoms with E-state index >= 15 is 0 Å². The Morgan fingerprint density at radius 1 is 1.17 bits per heavy atom. The van der Waals surface area contributed by atoms with Crippen molar-refractivity contribution in [1.82, 2.24) is 0 Å². The van der Waals surface area contributed by atoms with Crippen LogP contribution in [-0.2, 0) is 0 Å². The number of alkyl halides is 1. The maximum absolute atomic E-state index is 13.3. The van der Waals surface area contributed by atoms with Crippen LogP contribution in [0.25, 0.3) is 0 Å². The maximum atomic E-state index is 13.3. The lowest BCUT2D eigenvalue weighted by molar-refractivity contribution is 0.617. The molecular formula is C14H10Br2ClF. The number of hydrogen-bond acceptors (Lipinski definition) is 0. The summed E-state index contributed by atoms with van der Waals surface area (Å²) in [5.74, 6) is -0.191. The molecule has 1 atom stereocenters. The third-order valence-corrected chi connectivity index (χ3v) is 4.68. The lowest BCUT2D eigenvalue weighted by Crippen LogP contribution is -1.96. The van der Waals surface area contributed by atoms with Crippen molar-refractivity contribution < 1.29 is 4.39 Å². The summed E-state index contributed by atoms with van der Waals surface area (Å²) in [6.07, 6.45) is 0. The van der Waals surface area contributed by atoms with Crippen molar-refractivity contribution in [2.24, 2.45) is 0 Å². The van der Waals surface area contributed by atoms with Gasteiger partial charge in [0.05, 0.1) is 4.83 Å². The smallest absolute Gasteiger partial charge is 0.126 e. The molecule has 0 N–H and O–H groups in total. The van der Waals surface area contributed by atoms with Crippen molar-refractivity contribution in [2.45, 2.75) is 11.8 Å². The fraction of sp³-hybridized carbons (Fsp3) is 0.143. The predicted octanol–water partition coefficient (Wildman–Crippen LogP) is 6.03. The molecule has 0 bridgehead atoms. The van der Waals surface area contributed by atoms with E-state index in [0.717, 1.165) is 15.6 Å². The lowest BCUT2D eigenvalue weighted by atomic mass is 10.0. The fourth-order valence-electron chi connectivity index (χ4n) is 1.71. The molecule has 1 unspecified atom stereocenters. The van der Waals surface area contributed by atoms with Gasteiger partial charge in [-0.15, -0.1) is 0 Å². The van der Waals surface area contributed by atoms with Gasteiger partial charge in [0.1, 0.15) is 5.82 Å². The summed E-state index contributed by atoms with van der Waals surface area (Å²) in [4.78, 5) is -0.0233. The van der Waals surface area contributed by atoms with Gasteiger partial charge in [-0.1, -0.05) is 55.6 Å². The van der Waals surface area contributed by atoms with Crippen LogP contribution in [0, 0.1) is 12.7 Å². The van der Waals surface area contributed by atoms with Crippen molar-refractivity contribution in [2.75, 3.05) is 0 Å². The summed E-state index contributed by atoms with van der Waals surface area (Å²) in [6, 6.07) is 10.7. The van der Waals surface area contributed by atoms with Crippen molar-refractivity contribution in [3.63, 3.8) is 0 Å². The minimum Gasteiger partial charge on any atom is -0.207 e. The molecule has 2 aromatic rings. The molecule has 18 heavy (non-hydrogen) atoms. The lowest BCUT2D eigenvalue weighted by Gasteiger charge is -2.14. The van der Waals surface area contributed by atoms with Crippen LogP contribution in [0.15, 0.2) is 40.9 Å². The van der Waals surface area contributed by atoms with E-state index < -0.39 is 0 Å². The molecule has 0 aliphatic carbocycles. The molecule has 0 aliphatic rings. The van der Waals surface area contributed by atoms with Crippen LogP contribution in [0.4, 0.5) is 4.39 Å². The molecule has 2 aromatic carbocycles. The number of benzene rings is 2. The van der Waals surface area contributed by atoms with Crippen LogP contribution in [0.1, 0.15) is 21.5 Å². The van der Waals surface area contributed by atoms with E-state index in [-0.39, 0.29) is 10.6 Å². The molecule has 0 aromatic heterocycles. The standard InChI is InChI=1S/C14H10Br2ClF/c1-8-6-9(2-5-13(8)18)14(16)11-7-10(17)3-4-12(11)15/h2-7,14H,1H3. The Hall–Kier alpha value is -0.380. The van der Waals surface area contributed by atoms with E-state index in [1.807, 2.05) is 24.3 Å². The first-order valence-corrected chi connectivity index (χ1v) is 7.43. The Labute approximate surface area is 127 Å². The zero-order valence-electron chi connectivity index (χ0n) is 9.55. The van der Waals surface area contributed by atoms with Gasteiger partial charge in [0.25, 0.3) is 0 Å². The first kappa shape index (κ1) is 14.0. The van der Waals surface area contributed by atoms with E-state index in [1.54, 1.807) is 13.0 Å². The summed E-state index contributed by atoms with van der Waals surface area (Å²) < 4.78 is 14.2. The quantitative estimate of drug-likeness (QED) is 0.547. The highest BCUT2D eigenvalue weighted by Crippen LogP contribution is 2.37. The van der Waals surface area contributed by atoms with Crippen molar-refractivity contribution in [1.29, 1.82) is 0 Å². The van der Waals surface area contributed by atoms with E-state index in [0.29, 0.717) is 10.6 Å². The van der Waals surface area contributed by atoms with Gasteiger partial charge in [-0.05, 0) is 47.9 Å². The Kier molecular flexibility index (Phi) is 4.46. The normalized spacial score (nSPS) is 12.5. The van der Waals surface area contributed by atoms with Crippen LogP contribution in [0.5, 0.6) is 0 Å². The molecule has 0 saturated heterocycles. The SMILES string of the molecule is Cc1cc(C(Br)c2cc(Cl)ccc2Br)ccc1F. The molecule has 4 heteroatoms. The Morgan fingerprint density at radius 3 is 2.56 bits per heavy atom. The molecule has 0 heterocycles. The highest BCUT2D eigenvalue weighted by molar-refractivity contribution is 9.11. The van der Waals surface area contributed by atoms with Gasteiger partial charge in [-0.3, -0.25) is 0 Å². The zero-order chi connectivity index (χ0) is 13.3. The third-order valence-electron chi connectivity index (χ3n) is 2.71. The Morgan fingerprint density at radius 2 is 1.89 bits per heavy atom. The first-order chi connectivity index (χ1) is 8.49. The number of hydrogen-bond donors (Lipinski definition) is 0. The minimum atomic E-state index is -0.191. The second-order valence-electron chi connectivity index (χ2n) is 4.04. The molecule has 0 saturated carbocycles. The molecule has 0 nitrogen and oxygen atoms in total. The molecule has 0 spiro atoms. The third kappa shape index (κ3) is 2.95. The summed E-state index contributed by atoms with van der Waals surface area (Å²) in [6.45, 7) is 1.76. The number of halogens is 4. The van der Waals surface area contributed by atoms with E-state index in [9.17, 15) is 4.39 Å². The van der Waals surface area contributed by atoms with Crippen molar-refractivity contribution in [3.8, 4) is 0 Å². The van der Waals surface area contributed by atoms with Gasteiger partial charge in [0, 0.05) is 9.50 Å². The highest BCUT2D eigenvalue weighted by Gasteiger charge is 2.15. The van der Waals surface area contributed by atoms with E-state index in [2.05, 4.69) is 31.9 Å². The Bertz CT molecular complexity index is 584. The first-order valence-electron chi connectivity index (χ1n) is 5.34. The Balaban J connectivity index is 2.44. The fourth-order valence-corrected chi connectivity index (χ4v) is 3.34. The van der Waals surface area contributed by atoms with Crippen LogP contribution in [-0.4, -0.2) is 0 Å². The van der Waals surface area contributed by atoms with Gasteiger partial charge in [0.15, 0.2) is 0 Å². The predicted molar refractivity (Wildman–Crippen MR) is 81.1 cm³/mol. The topological polar surface area (TPSA) is 0 Å². The van der Waals surface area contributed by atoms with Crippen LogP contribution >= 0.6 is 43.5 Å². The highest BCUT2D eigenvalue weighted by atomic mass is 79.9. The number of aryl methyl sites for hydroxylation is 1. The van der Waals surface area contributed by atoms with E-state index in [1.165, 1.54) is 6.07 Å². The minimum absolute atomic E-state index is 0.0233. The molecular weight excluding hydrogens is 382 g/mol. The van der Waals surface area contributed by atoms with Gasteiger partial charge in [-0.25, -0.2) is 4.39 Å². The molecule has 94 valence electrons. The number of rotatable bonds is 2. The maximum Gasteiger partial charge on any atom is 0.126 e.